The summed E-state index contributed by atoms with van der Waals surface area (Å²) in [7, 11) is 0. The molecule has 0 nitrogen and oxygen atoms in total. The molecule has 0 aromatic heterocycles. The maximum absolute atomic E-state index is 4.50. The predicted octanol–water partition coefficient (Wildman–Crippen LogP) is 6.86. The van der Waals surface area contributed by atoms with E-state index in [1.807, 2.05) is 0 Å². The fourth-order valence-corrected chi connectivity index (χ4v) is 8.39. The molecule has 0 spiro atoms. The summed E-state index contributed by atoms with van der Waals surface area (Å²) in [4.78, 5) is 0. The van der Waals surface area contributed by atoms with E-state index in [0.29, 0.717) is 16.2 Å². The number of allylic oxidation sites excluding steroid dienone is 1. The van der Waals surface area contributed by atoms with Crippen molar-refractivity contribution in [3.05, 3.63) is 12.2 Å². The zero-order valence-electron chi connectivity index (χ0n) is 16.3. The number of fused-ring (bicyclic) bond motifs is 5. The van der Waals surface area contributed by atoms with Crippen molar-refractivity contribution in [3.63, 3.8) is 0 Å². The molecule has 0 bridgehead atoms. The molecule has 4 fully saturated rings. The van der Waals surface area contributed by atoms with Crippen molar-refractivity contribution in [2.45, 2.75) is 86.0 Å². The van der Waals surface area contributed by atoms with E-state index in [4.69, 9.17) is 0 Å². The smallest absolute Gasteiger partial charge is 0.00878 e. The second kappa shape index (κ2) is 4.89. The third-order valence-electron chi connectivity index (χ3n) is 9.87. The molecular formula is C23H38. The van der Waals surface area contributed by atoms with Gasteiger partial charge in [0, 0.05) is 0 Å². The summed E-state index contributed by atoms with van der Waals surface area (Å²) < 4.78 is 0. The number of hydrogen-bond acceptors (Lipinski definition) is 0. The molecule has 4 aliphatic rings. The molecule has 0 aliphatic heterocycles. The van der Waals surface area contributed by atoms with Crippen LogP contribution in [0.25, 0.3) is 0 Å². The second-order valence-corrected chi connectivity index (χ2v) is 10.9. The molecule has 130 valence electrons. The Bertz CT molecular complexity index is 518. The molecule has 4 rings (SSSR count). The Labute approximate surface area is 144 Å². The summed E-state index contributed by atoms with van der Waals surface area (Å²) in [5.74, 6) is 4.74. The molecule has 0 aromatic rings. The Kier molecular flexibility index (Phi) is 3.45. The molecule has 8 unspecified atom stereocenters. The van der Waals surface area contributed by atoms with E-state index in [-0.39, 0.29) is 0 Å². The van der Waals surface area contributed by atoms with Crippen LogP contribution in [0, 0.1) is 45.8 Å². The topological polar surface area (TPSA) is 0 Å². The van der Waals surface area contributed by atoms with Crippen molar-refractivity contribution >= 4 is 0 Å². The number of hydrogen-bond donors (Lipinski definition) is 0. The Balaban J connectivity index is 1.73. The van der Waals surface area contributed by atoms with Crippen LogP contribution in [0.15, 0.2) is 12.2 Å². The zero-order valence-corrected chi connectivity index (χ0v) is 16.3. The highest BCUT2D eigenvalue weighted by molar-refractivity contribution is 5.22. The van der Waals surface area contributed by atoms with Gasteiger partial charge >= 0.3 is 0 Å². The molecule has 0 heterocycles. The van der Waals surface area contributed by atoms with Crippen molar-refractivity contribution in [1.82, 2.24) is 0 Å². The van der Waals surface area contributed by atoms with Gasteiger partial charge in [-0.3, -0.25) is 0 Å². The predicted molar refractivity (Wildman–Crippen MR) is 99.2 cm³/mol. The van der Waals surface area contributed by atoms with Gasteiger partial charge in [-0.2, -0.15) is 0 Å². The van der Waals surface area contributed by atoms with E-state index in [1.165, 1.54) is 51.4 Å². The standard InChI is InChI=1S/C23H38/c1-15-9-12-23(6)19-10-11-22(5)17(3)7-8-18(22)20(19)16(2)14-21(23,4)13-15/h15-16,18-20H,3,7-14H2,1-2,4-6H3. The SMILES string of the molecule is C=C1CCC2C3C(C)CC4(C)CC(C)CCC4(C)C3CCC12C. The Morgan fingerprint density at radius 3 is 2.39 bits per heavy atom. The average Bonchev–Trinajstić information content (AvgIpc) is 2.77. The van der Waals surface area contributed by atoms with Gasteiger partial charge in [-0.05, 0) is 90.8 Å². The van der Waals surface area contributed by atoms with E-state index in [1.54, 1.807) is 5.57 Å². The molecule has 0 radical (unpaired) electrons. The molecule has 0 heteroatoms. The first kappa shape index (κ1) is 16.2. The molecule has 0 N–H and O–H groups in total. The molecule has 4 aliphatic carbocycles. The van der Waals surface area contributed by atoms with E-state index in [0.717, 1.165) is 29.6 Å². The molecule has 0 aromatic carbocycles. The van der Waals surface area contributed by atoms with Crippen LogP contribution >= 0.6 is 0 Å². The van der Waals surface area contributed by atoms with Gasteiger partial charge in [0.25, 0.3) is 0 Å². The largest absolute Gasteiger partial charge is 0.0993 e. The normalized spacial score (nSPS) is 59.2. The summed E-state index contributed by atoms with van der Waals surface area (Å²) in [6, 6.07) is 0. The third-order valence-corrected chi connectivity index (χ3v) is 9.87. The van der Waals surface area contributed by atoms with Crippen LogP contribution in [0.4, 0.5) is 0 Å². The highest BCUT2D eigenvalue weighted by atomic mass is 14.7. The van der Waals surface area contributed by atoms with E-state index in [9.17, 15) is 0 Å². The minimum absolute atomic E-state index is 0.474. The van der Waals surface area contributed by atoms with Crippen molar-refractivity contribution < 1.29 is 0 Å². The first-order valence-corrected chi connectivity index (χ1v) is 10.4. The molecular weight excluding hydrogens is 276 g/mol. The summed E-state index contributed by atoms with van der Waals surface area (Å²) >= 11 is 0. The monoisotopic (exact) mass is 314 g/mol. The molecule has 0 saturated heterocycles. The van der Waals surface area contributed by atoms with Crippen molar-refractivity contribution in [2.75, 3.05) is 0 Å². The number of rotatable bonds is 0. The van der Waals surface area contributed by atoms with Crippen LogP contribution in [0.2, 0.25) is 0 Å². The fraction of sp³-hybridized carbons (Fsp3) is 0.913. The molecule has 23 heavy (non-hydrogen) atoms. The third kappa shape index (κ3) is 1.96. The quantitative estimate of drug-likeness (QED) is 0.428. The lowest BCUT2D eigenvalue weighted by Crippen LogP contribution is -2.59. The molecule has 4 saturated carbocycles. The molecule has 0 amide bonds. The van der Waals surface area contributed by atoms with Crippen molar-refractivity contribution in [2.24, 2.45) is 45.8 Å². The maximum atomic E-state index is 4.50. The summed E-state index contributed by atoms with van der Waals surface area (Å²) in [5, 5.41) is 0. The Morgan fingerprint density at radius 2 is 1.65 bits per heavy atom. The van der Waals surface area contributed by atoms with Crippen molar-refractivity contribution in [3.8, 4) is 0 Å². The van der Waals surface area contributed by atoms with Crippen LogP contribution in [0.5, 0.6) is 0 Å². The zero-order chi connectivity index (χ0) is 16.6. The van der Waals surface area contributed by atoms with Gasteiger partial charge in [-0.15, -0.1) is 0 Å². The van der Waals surface area contributed by atoms with Crippen LogP contribution in [0.1, 0.15) is 86.0 Å². The fourth-order valence-electron chi connectivity index (χ4n) is 8.39. The Hall–Kier alpha value is -0.260. The summed E-state index contributed by atoms with van der Waals surface area (Å²) in [5.41, 5.74) is 3.25. The van der Waals surface area contributed by atoms with Crippen molar-refractivity contribution in [1.29, 1.82) is 0 Å². The van der Waals surface area contributed by atoms with Crippen LogP contribution in [0.3, 0.4) is 0 Å². The maximum Gasteiger partial charge on any atom is -0.00878 e. The molecule has 8 atom stereocenters. The average molecular weight is 315 g/mol. The van der Waals surface area contributed by atoms with Gasteiger partial charge in [0.1, 0.15) is 0 Å². The second-order valence-electron chi connectivity index (χ2n) is 10.9. The van der Waals surface area contributed by atoms with Gasteiger partial charge in [-0.25, -0.2) is 0 Å². The van der Waals surface area contributed by atoms with E-state index in [2.05, 4.69) is 41.2 Å². The van der Waals surface area contributed by atoms with Gasteiger partial charge in [0.2, 0.25) is 0 Å². The van der Waals surface area contributed by atoms with Crippen LogP contribution in [-0.4, -0.2) is 0 Å². The van der Waals surface area contributed by atoms with Gasteiger partial charge < -0.3 is 0 Å². The van der Waals surface area contributed by atoms with Crippen LogP contribution < -0.4 is 0 Å². The first-order chi connectivity index (χ1) is 10.7. The Morgan fingerprint density at radius 1 is 0.913 bits per heavy atom. The lowest BCUT2D eigenvalue weighted by Gasteiger charge is -2.67. The highest BCUT2D eigenvalue weighted by Crippen LogP contribution is 2.71. The lowest BCUT2D eigenvalue weighted by atomic mass is 9.38. The van der Waals surface area contributed by atoms with Gasteiger partial charge in [-0.1, -0.05) is 53.2 Å². The lowest BCUT2D eigenvalue weighted by molar-refractivity contribution is -0.174. The highest BCUT2D eigenvalue weighted by Gasteiger charge is 2.63. The van der Waals surface area contributed by atoms with Gasteiger partial charge in [0.05, 0.1) is 0 Å². The summed E-state index contributed by atoms with van der Waals surface area (Å²) in [6.45, 7) is 17.5. The summed E-state index contributed by atoms with van der Waals surface area (Å²) in [6.07, 6.45) is 11.6. The van der Waals surface area contributed by atoms with E-state index >= 15 is 0 Å². The minimum atomic E-state index is 0.474. The van der Waals surface area contributed by atoms with E-state index < -0.39 is 0 Å². The van der Waals surface area contributed by atoms with Crippen LogP contribution in [-0.2, 0) is 0 Å². The minimum Gasteiger partial charge on any atom is -0.0993 e. The van der Waals surface area contributed by atoms with Gasteiger partial charge in [0.15, 0.2) is 0 Å². The first-order valence-electron chi connectivity index (χ1n) is 10.4.